The maximum Gasteiger partial charge on any atom is 0.411 e. The summed E-state index contributed by atoms with van der Waals surface area (Å²) in [5.41, 5.74) is 4.65. The second-order valence-electron chi connectivity index (χ2n) is 15.0. The van der Waals surface area contributed by atoms with Crippen LogP contribution in [0.1, 0.15) is 49.3 Å². The van der Waals surface area contributed by atoms with Gasteiger partial charge in [-0.25, -0.2) is 4.79 Å². The first-order chi connectivity index (χ1) is 29.1. The van der Waals surface area contributed by atoms with Crippen molar-refractivity contribution in [2.75, 3.05) is 64.1 Å². The Morgan fingerprint density at radius 1 is 0.933 bits per heavy atom. The minimum atomic E-state index is -0.886. The lowest BCUT2D eigenvalue weighted by atomic mass is 10.0. The summed E-state index contributed by atoms with van der Waals surface area (Å²) in [6, 6.07) is 29.0. The summed E-state index contributed by atoms with van der Waals surface area (Å²) >= 11 is 0. The highest BCUT2D eigenvalue weighted by atomic mass is 16.6. The van der Waals surface area contributed by atoms with Gasteiger partial charge in [0, 0.05) is 75.3 Å². The van der Waals surface area contributed by atoms with E-state index in [-0.39, 0.29) is 47.7 Å². The van der Waals surface area contributed by atoms with Crippen molar-refractivity contribution >= 4 is 40.2 Å². The summed E-state index contributed by atoms with van der Waals surface area (Å²) in [6.45, 7) is 3.26. The quantitative estimate of drug-likeness (QED) is 0.0569. The normalized spacial score (nSPS) is 13.7. The number of benzene rings is 4. The number of methoxy groups -OCH3 is 1. The van der Waals surface area contributed by atoms with E-state index < -0.39 is 12.2 Å². The molecule has 6 N–H and O–H groups in total. The van der Waals surface area contributed by atoms with Crippen LogP contribution in [-0.4, -0.2) is 102 Å². The molecule has 4 aromatic carbocycles. The van der Waals surface area contributed by atoms with Crippen LogP contribution in [0.25, 0.3) is 22.0 Å². The number of carbonyl (C=O) groups excluding carboxylic acids is 3. The number of fused-ring (bicyclic) bond motifs is 1. The fourth-order valence-electron chi connectivity index (χ4n) is 7.45. The smallest absolute Gasteiger partial charge is 0.411 e. The van der Waals surface area contributed by atoms with Crippen molar-refractivity contribution in [3.8, 4) is 22.6 Å². The van der Waals surface area contributed by atoms with Crippen molar-refractivity contribution in [1.82, 2.24) is 20.1 Å². The fourth-order valence-corrected chi connectivity index (χ4v) is 7.45. The Balaban J connectivity index is 0.861. The Morgan fingerprint density at radius 3 is 2.48 bits per heavy atom. The van der Waals surface area contributed by atoms with Crippen LogP contribution >= 0.6 is 0 Å². The summed E-state index contributed by atoms with van der Waals surface area (Å²) in [5.74, 6) is 0.460. The topological polar surface area (TPSA) is 186 Å². The van der Waals surface area contributed by atoms with Gasteiger partial charge in [-0.05, 0) is 85.3 Å². The number of aromatic amines is 1. The molecule has 0 spiro atoms. The van der Waals surface area contributed by atoms with E-state index in [1.807, 2.05) is 60.7 Å². The van der Waals surface area contributed by atoms with E-state index in [0.29, 0.717) is 79.8 Å². The number of pyridine rings is 1. The third-order valence-corrected chi connectivity index (χ3v) is 10.8. The average Bonchev–Trinajstić information content (AvgIpc) is 3.25. The highest BCUT2D eigenvalue weighted by Crippen LogP contribution is 2.30. The molecule has 1 atom stereocenters. The lowest BCUT2D eigenvalue weighted by Gasteiger charge is -2.31. The summed E-state index contributed by atoms with van der Waals surface area (Å²) in [4.78, 5) is 56.8. The predicted molar refractivity (Wildman–Crippen MR) is 232 cm³/mol. The molecule has 1 aliphatic rings. The number of hydrogen-bond acceptors (Lipinski definition) is 10. The maximum atomic E-state index is 12.9. The number of carbonyl (C=O) groups is 3. The zero-order chi connectivity index (χ0) is 42.4. The van der Waals surface area contributed by atoms with Gasteiger partial charge in [0.25, 0.3) is 0 Å². The van der Waals surface area contributed by atoms with Crippen LogP contribution in [0.3, 0.4) is 0 Å². The molecule has 3 amide bonds. The largest absolute Gasteiger partial charge is 0.506 e. The fraction of sp³-hybridized carbons (Fsp3) is 0.348. The first kappa shape index (κ1) is 43.4. The number of para-hydroxylation sites is 1. The van der Waals surface area contributed by atoms with Crippen molar-refractivity contribution in [3.63, 3.8) is 0 Å². The first-order valence-corrected chi connectivity index (χ1v) is 20.4. The Bertz CT molecular complexity index is 2290. The molecule has 1 aromatic heterocycles. The predicted octanol–water partition coefficient (Wildman–Crippen LogP) is 6.06. The van der Waals surface area contributed by atoms with Gasteiger partial charge in [-0.15, -0.1) is 0 Å². The number of aliphatic hydroxyl groups excluding tert-OH is 1. The van der Waals surface area contributed by atoms with E-state index in [1.54, 1.807) is 43.3 Å². The third kappa shape index (κ3) is 11.9. The number of nitrogens with zero attached hydrogens (tertiary/aromatic N) is 2. The number of aromatic hydroxyl groups is 1. The number of phenols is 1. The lowest BCUT2D eigenvalue weighted by molar-refractivity contribution is -0.130. The SMILES string of the molecule is COc1ccc(NC(=O)CCCN(C)C(=O)CCN2CCC(OC(=O)Nc3ccccc3-c3ccccc3)CC2)cc1CCNC[C@@H](O)c1ccc(O)c2[nH]c(=O)ccc12. The van der Waals surface area contributed by atoms with Crippen molar-refractivity contribution in [2.45, 2.75) is 50.7 Å². The summed E-state index contributed by atoms with van der Waals surface area (Å²) in [5, 5.41) is 30.7. The van der Waals surface area contributed by atoms with Gasteiger partial charge in [0.1, 0.15) is 17.6 Å². The molecular formula is C46H54N6O8. The number of ether oxygens (including phenoxy) is 2. The summed E-state index contributed by atoms with van der Waals surface area (Å²) < 4.78 is 11.3. The number of aliphatic hydroxyl groups is 1. The van der Waals surface area contributed by atoms with Crippen molar-refractivity contribution in [2.24, 2.45) is 0 Å². The van der Waals surface area contributed by atoms with Crippen LogP contribution in [0.4, 0.5) is 16.2 Å². The highest BCUT2D eigenvalue weighted by molar-refractivity contribution is 5.92. The number of nitrogens with one attached hydrogen (secondary N) is 4. The second-order valence-corrected chi connectivity index (χ2v) is 15.0. The number of hydrogen-bond donors (Lipinski definition) is 6. The Kier molecular flexibility index (Phi) is 15.3. The van der Waals surface area contributed by atoms with Crippen LogP contribution in [0, 0.1) is 0 Å². The molecule has 0 bridgehead atoms. The molecule has 1 aliphatic heterocycles. The Hall–Kier alpha value is -6.22. The molecule has 14 nitrogen and oxygen atoms in total. The van der Waals surface area contributed by atoms with E-state index in [2.05, 4.69) is 25.8 Å². The van der Waals surface area contributed by atoms with Crippen LogP contribution in [-0.2, 0) is 20.7 Å². The maximum absolute atomic E-state index is 12.9. The van der Waals surface area contributed by atoms with E-state index >= 15 is 0 Å². The molecule has 0 saturated carbocycles. The van der Waals surface area contributed by atoms with Crippen molar-refractivity contribution < 1.29 is 34.1 Å². The molecule has 2 heterocycles. The number of phenolic OH excluding ortho intramolecular Hbond substituents is 1. The van der Waals surface area contributed by atoms with Crippen molar-refractivity contribution in [1.29, 1.82) is 0 Å². The number of amides is 3. The molecule has 1 fully saturated rings. The van der Waals surface area contributed by atoms with Gasteiger partial charge >= 0.3 is 6.09 Å². The molecular weight excluding hydrogens is 765 g/mol. The van der Waals surface area contributed by atoms with Gasteiger partial charge in [0.05, 0.1) is 24.4 Å². The Morgan fingerprint density at radius 2 is 1.70 bits per heavy atom. The molecule has 5 aromatic rings. The van der Waals surface area contributed by atoms with E-state index in [4.69, 9.17) is 9.47 Å². The minimum absolute atomic E-state index is 0.0129. The monoisotopic (exact) mass is 818 g/mol. The average molecular weight is 819 g/mol. The number of piperidine rings is 1. The van der Waals surface area contributed by atoms with Gasteiger partial charge in [-0.1, -0.05) is 54.6 Å². The molecule has 60 heavy (non-hydrogen) atoms. The number of rotatable bonds is 18. The molecule has 0 unspecified atom stereocenters. The molecule has 6 rings (SSSR count). The van der Waals surface area contributed by atoms with Crippen LogP contribution in [0.15, 0.2) is 102 Å². The van der Waals surface area contributed by atoms with Crippen molar-refractivity contribution in [3.05, 3.63) is 119 Å². The first-order valence-electron chi connectivity index (χ1n) is 20.4. The summed E-state index contributed by atoms with van der Waals surface area (Å²) in [7, 11) is 3.34. The van der Waals surface area contributed by atoms with E-state index in [9.17, 15) is 29.4 Å². The Labute approximate surface area is 349 Å². The number of likely N-dealkylation sites (tertiary alicyclic amines) is 1. The molecule has 316 valence electrons. The molecule has 0 radical (unpaired) electrons. The van der Waals surface area contributed by atoms with E-state index in [1.165, 1.54) is 12.1 Å². The third-order valence-electron chi connectivity index (χ3n) is 10.8. The van der Waals surface area contributed by atoms with E-state index in [0.717, 1.165) is 29.8 Å². The number of H-pyrrole nitrogens is 1. The second kappa shape index (κ2) is 21.2. The molecule has 0 aliphatic carbocycles. The van der Waals surface area contributed by atoms with Gasteiger partial charge < -0.3 is 45.1 Å². The minimum Gasteiger partial charge on any atom is -0.506 e. The zero-order valence-corrected chi connectivity index (χ0v) is 34.1. The van der Waals surface area contributed by atoms with Crippen LogP contribution in [0.2, 0.25) is 0 Å². The molecule has 1 saturated heterocycles. The number of aromatic nitrogens is 1. The van der Waals surface area contributed by atoms with Gasteiger partial charge in [0.2, 0.25) is 17.4 Å². The van der Waals surface area contributed by atoms with Crippen LogP contribution in [0.5, 0.6) is 11.5 Å². The molecule has 14 heteroatoms. The van der Waals surface area contributed by atoms with Gasteiger partial charge in [-0.3, -0.25) is 19.7 Å². The van der Waals surface area contributed by atoms with Gasteiger partial charge in [0.15, 0.2) is 0 Å². The summed E-state index contributed by atoms with van der Waals surface area (Å²) in [6.07, 6.45) is 1.50. The number of anilines is 2. The zero-order valence-electron chi connectivity index (χ0n) is 34.1. The van der Waals surface area contributed by atoms with Crippen LogP contribution < -0.4 is 26.2 Å². The highest BCUT2D eigenvalue weighted by Gasteiger charge is 2.24. The lowest BCUT2D eigenvalue weighted by Crippen LogP contribution is -2.40. The standard InChI is InChI=1S/C46H54N6O8/c1-51(44(57)23-28-52-26-21-34(22-27-52)60-46(58)49-38-12-7-6-11-35(38)31-9-4-3-5-10-31)25-8-13-42(55)48-33-14-18-41(59-2)32(29-33)20-24-47-30-40(54)36-15-17-39(53)45-37(36)16-19-43(56)50-45/h3-7,9-12,14-19,29,34,40,47,53-54H,8,13,20-28,30H2,1-2H3,(H,48,55)(H,49,58)(H,50,56)/t40-/m1/s1. The van der Waals surface area contributed by atoms with Gasteiger partial charge in [-0.2, -0.15) is 0 Å².